The van der Waals surface area contributed by atoms with E-state index in [0.29, 0.717) is 0 Å². The van der Waals surface area contributed by atoms with Gasteiger partial charge >= 0.3 is 0 Å². The van der Waals surface area contributed by atoms with Crippen LogP contribution in [0.3, 0.4) is 0 Å². The molecule has 0 spiro atoms. The Bertz CT molecular complexity index is 890. The summed E-state index contributed by atoms with van der Waals surface area (Å²) in [7, 11) is 0. The Labute approximate surface area is 176 Å². The van der Waals surface area contributed by atoms with Crippen molar-refractivity contribution in [1.82, 2.24) is 9.97 Å². The molecule has 0 amide bonds. The molecule has 0 aliphatic carbocycles. The van der Waals surface area contributed by atoms with E-state index < -0.39 is 0 Å². The molecule has 0 radical (unpaired) electrons. The van der Waals surface area contributed by atoms with E-state index in [1.165, 1.54) is 51.4 Å². The number of rotatable bonds is 8. The van der Waals surface area contributed by atoms with E-state index in [1.54, 1.807) is 22.7 Å². The van der Waals surface area contributed by atoms with Gasteiger partial charge in [0.2, 0.25) is 0 Å². The maximum Gasteiger partial charge on any atom is 0.168 e. The Morgan fingerprint density at radius 1 is 0.679 bits per heavy atom. The molecule has 0 saturated carbocycles. The molecule has 0 bridgehead atoms. The summed E-state index contributed by atoms with van der Waals surface area (Å²) >= 11 is 3.33. The molecule has 0 saturated heterocycles. The van der Waals surface area contributed by atoms with E-state index in [0.717, 1.165) is 43.3 Å². The molecule has 2 nitrogen and oxygen atoms in total. The average molecular weight is 409 g/mol. The quantitative estimate of drug-likeness (QED) is 0.284. The van der Waals surface area contributed by atoms with Crippen molar-refractivity contribution in [1.29, 1.82) is 0 Å². The summed E-state index contributed by atoms with van der Waals surface area (Å²) in [6.07, 6.45) is 12.0. The molecular formula is C24H28N2S2. The molecule has 0 atom stereocenters. The summed E-state index contributed by atoms with van der Waals surface area (Å²) in [5.74, 6) is 13.0. The molecule has 28 heavy (non-hydrogen) atoms. The molecule has 2 heterocycles. The van der Waals surface area contributed by atoms with Gasteiger partial charge in [-0.1, -0.05) is 64.2 Å². The molecule has 0 N–H and O–H groups in total. The van der Waals surface area contributed by atoms with Gasteiger partial charge in [-0.05, 0) is 36.8 Å². The van der Waals surface area contributed by atoms with Crippen molar-refractivity contribution in [3.8, 4) is 23.7 Å². The summed E-state index contributed by atoms with van der Waals surface area (Å²) < 4.78 is 2.32. The van der Waals surface area contributed by atoms with Gasteiger partial charge in [-0.15, -0.1) is 22.7 Å². The monoisotopic (exact) mass is 408 g/mol. The highest BCUT2D eigenvalue weighted by molar-refractivity contribution is 7.20. The van der Waals surface area contributed by atoms with Crippen molar-refractivity contribution in [2.24, 2.45) is 0 Å². The minimum Gasteiger partial charge on any atom is -0.228 e. The van der Waals surface area contributed by atoms with Crippen molar-refractivity contribution >= 4 is 43.1 Å². The van der Waals surface area contributed by atoms with E-state index in [-0.39, 0.29) is 0 Å². The first-order chi connectivity index (χ1) is 13.8. The fourth-order valence-corrected chi connectivity index (χ4v) is 4.72. The van der Waals surface area contributed by atoms with Crippen LogP contribution in [0.1, 0.15) is 88.1 Å². The third-order valence-electron chi connectivity index (χ3n) is 4.60. The van der Waals surface area contributed by atoms with Gasteiger partial charge in [0.05, 0.1) is 20.4 Å². The van der Waals surface area contributed by atoms with Crippen LogP contribution in [0.4, 0.5) is 0 Å². The summed E-state index contributed by atoms with van der Waals surface area (Å²) in [6, 6.07) is 4.27. The van der Waals surface area contributed by atoms with Crippen LogP contribution in [0.25, 0.3) is 20.4 Å². The Morgan fingerprint density at radius 2 is 1.14 bits per heavy atom. The van der Waals surface area contributed by atoms with Gasteiger partial charge in [-0.2, -0.15) is 0 Å². The predicted octanol–water partition coefficient (Wildman–Crippen LogP) is 7.55. The second-order valence-electron chi connectivity index (χ2n) is 7.05. The van der Waals surface area contributed by atoms with Crippen LogP contribution in [-0.4, -0.2) is 9.97 Å². The normalized spacial score (nSPS) is 10.6. The zero-order chi connectivity index (χ0) is 19.6. The molecular weight excluding hydrogens is 380 g/mol. The lowest BCUT2D eigenvalue weighted by atomic mass is 10.2. The first kappa shape index (κ1) is 20.8. The molecule has 4 heteroatoms. The van der Waals surface area contributed by atoms with E-state index in [4.69, 9.17) is 9.97 Å². The van der Waals surface area contributed by atoms with Crippen LogP contribution in [0.15, 0.2) is 12.1 Å². The Kier molecular flexibility index (Phi) is 8.34. The van der Waals surface area contributed by atoms with Crippen molar-refractivity contribution in [3.63, 3.8) is 0 Å². The summed E-state index contributed by atoms with van der Waals surface area (Å²) in [5.41, 5.74) is 2.05. The largest absolute Gasteiger partial charge is 0.228 e. The number of unbranched alkanes of at least 4 members (excludes halogenated alkanes) is 8. The van der Waals surface area contributed by atoms with Crippen molar-refractivity contribution in [2.45, 2.75) is 78.1 Å². The first-order valence-electron chi connectivity index (χ1n) is 10.5. The zero-order valence-electron chi connectivity index (χ0n) is 16.9. The van der Waals surface area contributed by atoms with Gasteiger partial charge in [0.1, 0.15) is 0 Å². The van der Waals surface area contributed by atoms with Crippen LogP contribution in [-0.2, 0) is 0 Å². The fourth-order valence-electron chi connectivity index (χ4n) is 3.01. The summed E-state index contributed by atoms with van der Waals surface area (Å²) in [5, 5.41) is 1.82. The minimum absolute atomic E-state index is 0.912. The molecule has 2 aromatic heterocycles. The number of benzene rings is 1. The highest BCUT2D eigenvalue weighted by atomic mass is 32.1. The minimum atomic E-state index is 0.912. The van der Waals surface area contributed by atoms with Crippen molar-refractivity contribution in [3.05, 3.63) is 22.1 Å². The van der Waals surface area contributed by atoms with Crippen LogP contribution in [0, 0.1) is 23.7 Å². The molecule has 0 aliphatic heterocycles. The van der Waals surface area contributed by atoms with Crippen LogP contribution in [0.5, 0.6) is 0 Å². The van der Waals surface area contributed by atoms with Gasteiger partial charge in [-0.25, -0.2) is 9.97 Å². The zero-order valence-corrected chi connectivity index (χ0v) is 18.6. The van der Waals surface area contributed by atoms with Crippen molar-refractivity contribution in [2.75, 3.05) is 0 Å². The Morgan fingerprint density at radius 3 is 1.57 bits per heavy atom. The smallest absolute Gasteiger partial charge is 0.168 e. The first-order valence-corrected chi connectivity index (χ1v) is 12.1. The van der Waals surface area contributed by atoms with Gasteiger partial charge < -0.3 is 0 Å². The second kappa shape index (κ2) is 11.2. The van der Waals surface area contributed by atoms with Gasteiger partial charge in [0.15, 0.2) is 10.0 Å². The number of fused-ring (bicyclic) bond motifs is 2. The molecule has 1 aromatic carbocycles. The van der Waals surface area contributed by atoms with Gasteiger partial charge in [-0.3, -0.25) is 0 Å². The van der Waals surface area contributed by atoms with Crippen molar-refractivity contribution < 1.29 is 0 Å². The molecule has 0 unspecified atom stereocenters. The van der Waals surface area contributed by atoms with Gasteiger partial charge in [0, 0.05) is 12.8 Å². The maximum absolute atomic E-state index is 4.70. The Hall–Kier alpha value is -1.88. The highest BCUT2D eigenvalue weighted by Gasteiger charge is 2.08. The summed E-state index contributed by atoms with van der Waals surface area (Å²) in [6.45, 7) is 4.47. The molecule has 3 aromatic rings. The maximum atomic E-state index is 4.70. The molecule has 3 rings (SSSR count). The third-order valence-corrected chi connectivity index (χ3v) is 6.47. The Balaban J connectivity index is 1.64. The number of aromatic nitrogens is 2. The lowest BCUT2D eigenvalue weighted by Gasteiger charge is -1.91. The average Bonchev–Trinajstić information content (AvgIpc) is 3.27. The summed E-state index contributed by atoms with van der Waals surface area (Å²) in [4.78, 5) is 9.40. The van der Waals surface area contributed by atoms with E-state index in [2.05, 4.69) is 49.7 Å². The number of nitrogens with zero attached hydrogens (tertiary/aromatic N) is 2. The molecule has 146 valence electrons. The SMILES string of the molecule is CCCCCCC#Cc1nc2cc3sc(C#CCCCCCC)nc3cc2s1. The van der Waals surface area contributed by atoms with Crippen LogP contribution < -0.4 is 0 Å². The number of hydrogen-bond donors (Lipinski definition) is 0. The third kappa shape index (κ3) is 6.06. The molecule has 0 fully saturated rings. The lowest BCUT2D eigenvalue weighted by Crippen LogP contribution is -1.75. The van der Waals surface area contributed by atoms with E-state index in [9.17, 15) is 0 Å². The fraction of sp³-hybridized carbons (Fsp3) is 0.500. The second-order valence-corrected chi connectivity index (χ2v) is 9.11. The van der Waals surface area contributed by atoms with E-state index in [1.807, 2.05) is 0 Å². The lowest BCUT2D eigenvalue weighted by molar-refractivity contribution is 0.679. The van der Waals surface area contributed by atoms with Gasteiger partial charge in [0.25, 0.3) is 0 Å². The van der Waals surface area contributed by atoms with E-state index >= 15 is 0 Å². The molecule has 0 aliphatic rings. The standard InChI is InChI=1S/C24H28N2S2/c1-3-5-7-9-11-13-15-23-25-19-17-22-20(18-21(19)27-23)26-24(28-22)16-14-12-10-8-6-4-2/h17-18H,3-12H2,1-2H3. The van der Waals surface area contributed by atoms with Crippen LogP contribution in [0.2, 0.25) is 0 Å². The topological polar surface area (TPSA) is 25.8 Å². The highest BCUT2D eigenvalue weighted by Crippen LogP contribution is 2.30. The number of hydrogen-bond acceptors (Lipinski definition) is 4. The predicted molar refractivity (Wildman–Crippen MR) is 124 cm³/mol. The number of thiazole rings is 2. The van der Waals surface area contributed by atoms with Crippen LogP contribution >= 0.6 is 22.7 Å².